The second kappa shape index (κ2) is 7.52. The number of nitrogens with one attached hydrogen (secondary N) is 1. The highest BCUT2D eigenvalue weighted by atomic mass is 79.9. The van der Waals surface area contributed by atoms with E-state index in [0.29, 0.717) is 5.88 Å². The second-order valence-corrected chi connectivity index (χ2v) is 5.75. The molecule has 1 unspecified atom stereocenters. The molecular formula is C16H20BrN3O. The van der Waals surface area contributed by atoms with Crippen molar-refractivity contribution in [2.75, 3.05) is 13.7 Å². The molecule has 112 valence electrons. The van der Waals surface area contributed by atoms with E-state index in [0.717, 1.165) is 23.1 Å². The molecule has 0 aliphatic heterocycles. The summed E-state index contributed by atoms with van der Waals surface area (Å²) in [5.74, 6) is 0.596. The molecule has 1 aromatic carbocycles. The van der Waals surface area contributed by atoms with Gasteiger partial charge in [-0.3, -0.25) is 0 Å². The summed E-state index contributed by atoms with van der Waals surface area (Å²) < 4.78 is 6.28. The summed E-state index contributed by atoms with van der Waals surface area (Å²) in [6.45, 7) is 5.09. The number of hydrogen-bond donors (Lipinski definition) is 1. The number of likely N-dealkylation sites (N-methyl/N-ethyl adjacent to an activating group) is 1. The van der Waals surface area contributed by atoms with E-state index >= 15 is 0 Å². The van der Waals surface area contributed by atoms with Gasteiger partial charge in [-0.2, -0.15) is 0 Å². The lowest BCUT2D eigenvalue weighted by atomic mass is 10.0. The van der Waals surface area contributed by atoms with Crippen molar-refractivity contribution in [2.45, 2.75) is 26.3 Å². The van der Waals surface area contributed by atoms with Crippen molar-refractivity contribution in [2.24, 2.45) is 0 Å². The smallest absolute Gasteiger partial charge is 0.216 e. The van der Waals surface area contributed by atoms with Crippen LogP contribution in [0.3, 0.4) is 0 Å². The van der Waals surface area contributed by atoms with Gasteiger partial charge >= 0.3 is 0 Å². The van der Waals surface area contributed by atoms with Crippen molar-refractivity contribution >= 4 is 15.9 Å². The quantitative estimate of drug-likeness (QED) is 0.867. The fourth-order valence-corrected chi connectivity index (χ4v) is 3.03. The molecule has 0 radical (unpaired) electrons. The van der Waals surface area contributed by atoms with E-state index in [1.165, 1.54) is 11.1 Å². The van der Waals surface area contributed by atoms with Gasteiger partial charge in [0.25, 0.3) is 0 Å². The second-order valence-electron chi connectivity index (χ2n) is 4.89. The van der Waals surface area contributed by atoms with E-state index < -0.39 is 0 Å². The standard InChI is InChI=1S/C16H20BrN3O/c1-4-18-15(13-6-5-11(2)7-14(13)17)8-12-9-16(21-3)20-10-19-12/h5-7,9-10,15,18H,4,8H2,1-3H3. The molecule has 21 heavy (non-hydrogen) atoms. The maximum absolute atomic E-state index is 5.16. The predicted octanol–water partition coefficient (Wildman–Crippen LogP) is 3.45. The summed E-state index contributed by atoms with van der Waals surface area (Å²) in [6, 6.07) is 8.51. The lowest BCUT2D eigenvalue weighted by molar-refractivity contribution is 0.395. The third kappa shape index (κ3) is 4.25. The zero-order chi connectivity index (χ0) is 15.2. The van der Waals surface area contributed by atoms with E-state index in [4.69, 9.17) is 4.74 Å². The third-order valence-corrected chi connectivity index (χ3v) is 3.99. The van der Waals surface area contributed by atoms with Gasteiger partial charge < -0.3 is 10.1 Å². The Labute approximate surface area is 134 Å². The number of methoxy groups -OCH3 is 1. The van der Waals surface area contributed by atoms with Crippen molar-refractivity contribution in [3.05, 3.63) is 51.9 Å². The number of ether oxygens (including phenoxy) is 1. The lowest BCUT2D eigenvalue weighted by Crippen LogP contribution is -2.23. The molecule has 4 nitrogen and oxygen atoms in total. The predicted molar refractivity (Wildman–Crippen MR) is 87.6 cm³/mol. The van der Waals surface area contributed by atoms with Gasteiger partial charge in [0.2, 0.25) is 5.88 Å². The summed E-state index contributed by atoms with van der Waals surface area (Å²) in [5.41, 5.74) is 3.44. The normalized spacial score (nSPS) is 12.2. The Balaban J connectivity index is 2.26. The van der Waals surface area contributed by atoms with Crippen LogP contribution in [0.25, 0.3) is 0 Å². The molecule has 2 rings (SSSR count). The van der Waals surface area contributed by atoms with Crippen molar-refractivity contribution in [1.82, 2.24) is 15.3 Å². The minimum atomic E-state index is 0.199. The minimum Gasteiger partial charge on any atom is -0.481 e. The average Bonchev–Trinajstić information content (AvgIpc) is 2.47. The van der Waals surface area contributed by atoms with Gasteiger partial charge in [-0.1, -0.05) is 35.0 Å². The number of rotatable bonds is 6. The van der Waals surface area contributed by atoms with Gasteiger partial charge in [-0.25, -0.2) is 9.97 Å². The first-order valence-electron chi connectivity index (χ1n) is 6.98. The molecule has 0 spiro atoms. The number of nitrogens with zero attached hydrogens (tertiary/aromatic N) is 2. The zero-order valence-electron chi connectivity index (χ0n) is 12.6. The van der Waals surface area contributed by atoms with E-state index in [9.17, 15) is 0 Å². The molecule has 1 atom stereocenters. The highest BCUT2D eigenvalue weighted by molar-refractivity contribution is 9.10. The first-order valence-corrected chi connectivity index (χ1v) is 7.77. The minimum absolute atomic E-state index is 0.199. The van der Waals surface area contributed by atoms with Crippen LogP contribution in [0.4, 0.5) is 0 Å². The van der Waals surface area contributed by atoms with Crippen LogP contribution in [0.2, 0.25) is 0 Å². The van der Waals surface area contributed by atoms with Gasteiger partial charge in [-0.05, 0) is 30.7 Å². The van der Waals surface area contributed by atoms with Crippen molar-refractivity contribution < 1.29 is 4.74 Å². The summed E-state index contributed by atoms with van der Waals surface area (Å²) in [7, 11) is 1.62. The highest BCUT2D eigenvalue weighted by Crippen LogP contribution is 2.27. The number of aromatic nitrogens is 2. The van der Waals surface area contributed by atoms with Gasteiger partial charge in [0.1, 0.15) is 6.33 Å². The van der Waals surface area contributed by atoms with Crippen LogP contribution in [-0.2, 0) is 6.42 Å². The third-order valence-electron chi connectivity index (χ3n) is 3.30. The zero-order valence-corrected chi connectivity index (χ0v) is 14.1. The lowest BCUT2D eigenvalue weighted by Gasteiger charge is -2.20. The molecule has 0 saturated carbocycles. The van der Waals surface area contributed by atoms with Gasteiger partial charge in [0, 0.05) is 28.7 Å². The Kier molecular flexibility index (Phi) is 5.70. The van der Waals surface area contributed by atoms with Gasteiger partial charge in [-0.15, -0.1) is 0 Å². The molecular weight excluding hydrogens is 330 g/mol. The maximum Gasteiger partial charge on any atom is 0.216 e. The molecule has 0 aliphatic rings. The van der Waals surface area contributed by atoms with Gasteiger partial charge in [0.15, 0.2) is 0 Å². The van der Waals surface area contributed by atoms with Crippen molar-refractivity contribution in [3.8, 4) is 5.88 Å². The summed E-state index contributed by atoms with van der Waals surface area (Å²) in [4.78, 5) is 8.39. The fraction of sp³-hybridized carbons (Fsp3) is 0.375. The monoisotopic (exact) mass is 349 g/mol. The Morgan fingerprint density at radius 3 is 2.76 bits per heavy atom. The van der Waals surface area contributed by atoms with Crippen molar-refractivity contribution in [3.63, 3.8) is 0 Å². The van der Waals surface area contributed by atoms with Crippen LogP contribution in [0, 0.1) is 6.92 Å². The fourth-order valence-electron chi connectivity index (χ4n) is 2.26. The SMILES string of the molecule is CCNC(Cc1cc(OC)ncn1)c1ccc(C)cc1Br. The summed E-state index contributed by atoms with van der Waals surface area (Å²) in [6.07, 6.45) is 2.33. The van der Waals surface area contributed by atoms with E-state index in [2.05, 4.69) is 63.3 Å². The van der Waals surface area contributed by atoms with Crippen LogP contribution in [0.5, 0.6) is 5.88 Å². The molecule has 0 fully saturated rings. The van der Waals surface area contributed by atoms with E-state index in [-0.39, 0.29) is 6.04 Å². The molecule has 5 heteroatoms. The Morgan fingerprint density at radius 2 is 2.10 bits per heavy atom. The topological polar surface area (TPSA) is 47.0 Å². The molecule has 0 bridgehead atoms. The molecule has 0 aliphatic carbocycles. The Morgan fingerprint density at radius 1 is 1.29 bits per heavy atom. The first-order chi connectivity index (χ1) is 10.1. The summed E-state index contributed by atoms with van der Waals surface area (Å²) >= 11 is 3.66. The molecule has 2 aromatic rings. The van der Waals surface area contributed by atoms with Crippen LogP contribution in [0.1, 0.15) is 29.8 Å². The maximum atomic E-state index is 5.16. The molecule has 1 N–H and O–H groups in total. The summed E-state index contributed by atoms with van der Waals surface area (Å²) in [5, 5.41) is 3.51. The largest absolute Gasteiger partial charge is 0.481 e. The van der Waals surface area contributed by atoms with E-state index in [1.807, 2.05) is 6.07 Å². The Bertz CT molecular complexity index is 604. The van der Waals surface area contributed by atoms with Crippen LogP contribution in [0.15, 0.2) is 35.1 Å². The highest BCUT2D eigenvalue weighted by Gasteiger charge is 2.15. The molecule has 1 heterocycles. The van der Waals surface area contributed by atoms with E-state index in [1.54, 1.807) is 13.4 Å². The number of benzene rings is 1. The molecule has 0 amide bonds. The number of hydrogen-bond acceptors (Lipinski definition) is 4. The average molecular weight is 350 g/mol. The number of halogens is 1. The van der Waals surface area contributed by atoms with Gasteiger partial charge in [0.05, 0.1) is 7.11 Å². The Hall–Kier alpha value is -1.46. The van der Waals surface area contributed by atoms with Crippen LogP contribution < -0.4 is 10.1 Å². The van der Waals surface area contributed by atoms with Crippen molar-refractivity contribution in [1.29, 1.82) is 0 Å². The number of aryl methyl sites for hydroxylation is 1. The molecule has 1 aromatic heterocycles. The van der Waals surface area contributed by atoms with Crippen LogP contribution >= 0.6 is 15.9 Å². The first kappa shape index (κ1) is 15.9. The molecule has 0 saturated heterocycles. The van der Waals surface area contributed by atoms with Crippen LogP contribution in [-0.4, -0.2) is 23.6 Å².